The lowest BCUT2D eigenvalue weighted by Gasteiger charge is -2.28. The summed E-state index contributed by atoms with van der Waals surface area (Å²) in [5.74, 6) is -0.0200. The summed E-state index contributed by atoms with van der Waals surface area (Å²) in [7, 11) is 0. The molecule has 1 aromatic carbocycles. The number of anilines is 1. The maximum Gasteiger partial charge on any atom is 0.282 e. The molecule has 2 rings (SSSR count). The second-order valence-corrected chi connectivity index (χ2v) is 5.92. The van der Waals surface area contributed by atoms with Crippen LogP contribution in [0.15, 0.2) is 12.1 Å². The molecule has 3 N–H and O–H groups in total. The van der Waals surface area contributed by atoms with Gasteiger partial charge >= 0.3 is 0 Å². The summed E-state index contributed by atoms with van der Waals surface area (Å²) in [6, 6.07) is 3.89. The predicted octanol–water partition coefficient (Wildman–Crippen LogP) is -0.0464. The van der Waals surface area contributed by atoms with E-state index in [1.165, 1.54) is 5.56 Å². The highest BCUT2D eigenvalue weighted by Crippen LogP contribution is 2.21. The summed E-state index contributed by atoms with van der Waals surface area (Å²) in [6.45, 7) is 9.71. The molecule has 2 amide bonds. The van der Waals surface area contributed by atoms with Crippen molar-refractivity contribution in [2.45, 2.75) is 33.7 Å². The normalized spacial score (nSPS) is 19.8. The first-order valence-corrected chi connectivity index (χ1v) is 7.38. The summed E-state index contributed by atoms with van der Waals surface area (Å²) in [5, 5.41) is 5.81. The minimum absolute atomic E-state index is 0.0126. The van der Waals surface area contributed by atoms with Gasteiger partial charge in [0.2, 0.25) is 0 Å². The fourth-order valence-corrected chi connectivity index (χ4v) is 2.88. The van der Waals surface area contributed by atoms with Crippen molar-refractivity contribution in [3.05, 3.63) is 28.8 Å². The molecule has 0 bridgehead atoms. The summed E-state index contributed by atoms with van der Waals surface area (Å²) < 4.78 is 0. The van der Waals surface area contributed by atoms with Crippen molar-refractivity contribution < 1.29 is 14.5 Å². The second kappa shape index (κ2) is 6.26. The Labute approximate surface area is 125 Å². The van der Waals surface area contributed by atoms with Crippen LogP contribution in [-0.2, 0) is 9.59 Å². The summed E-state index contributed by atoms with van der Waals surface area (Å²) >= 11 is 0. The Morgan fingerprint density at radius 1 is 1.29 bits per heavy atom. The molecule has 1 heterocycles. The molecule has 0 aliphatic carbocycles. The molecule has 1 saturated heterocycles. The van der Waals surface area contributed by atoms with Crippen LogP contribution >= 0.6 is 0 Å². The minimum atomic E-state index is -0.240. The van der Waals surface area contributed by atoms with Gasteiger partial charge in [0.1, 0.15) is 0 Å². The smallest absolute Gasteiger partial charge is 0.282 e. The van der Waals surface area contributed by atoms with Gasteiger partial charge in [-0.25, -0.2) is 0 Å². The van der Waals surface area contributed by atoms with Crippen molar-refractivity contribution in [3.8, 4) is 0 Å². The first-order chi connectivity index (χ1) is 9.88. The summed E-state index contributed by atoms with van der Waals surface area (Å²) in [5.41, 5.74) is 4.21. The predicted molar refractivity (Wildman–Crippen MR) is 82.5 cm³/mol. The zero-order valence-electron chi connectivity index (χ0n) is 13.2. The molecule has 1 fully saturated rings. The number of carbonyl (C=O) groups excluding carboxylic acids is 2. The molecular weight excluding hydrogens is 266 g/mol. The first-order valence-electron chi connectivity index (χ1n) is 7.38. The van der Waals surface area contributed by atoms with E-state index >= 15 is 0 Å². The van der Waals surface area contributed by atoms with Gasteiger partial charge < -0.3 is 15.5 Å². The third-order valence-corrected chi connectivity index (χ3v) is 4.09. The molecule has 1 aromatic rings. The van der Waals surface area contributed by atoms with Crippen LogP contribution in [0.5, 0.6) is 0 Å². The van der Waals surface area contributed by atoms with Gasteiger partial charge in [0, 0.05) is 5.69 Å². The van der Waals surface area contributed by atoms with Crippen LogP contribution in [0.25, 0.3) is 0 Å². The van der Waals surface area contributed by atoms with Gasteiger partial charge in [0.25, 0.3) is 11.8 Å². The lowest BCUT2D eigenvalue weighted by Crippen LogP contribution is -3.19. The van der Waals surface area contributed by atoms with Gasteiger partial charge in [-0.15, -0.1) is 0 Å². The molecule has 0 saturated carbocycles. The van der Waals surface area contributed by atoms with E-state index in [4.69, 9.17) is 0 Å². The first kappa shape index (κ1) is 15.5. The van der Waals surface area contributed by atoms with E-state index < -0.39 is 0 Å². The van der Waals surface area contributed by atoms with Crippen molar-refractivity contribution in [3.63, 3.8) is 0 Å². The molecule has 2 atom stereocenters. The van der Waals surface area contributed by atoms with Crippen molar-refractivity contribution in [2.75, 3.05) is 25.0 Å². The maximum atomic E-state index is 12.4. The Bertz CT molecular complexity index is 546. The van der Waals surface area contributed by atoms with E-state index in [-0.39, 0.29) is 17.9 Å². The molecule has 0 aromatic heterocycles. The molecule has 1 aliphatic heterocycles. The van der Waals surface area contributed by atoms with Crippen LogP contribution in [0, 0.1) is 20.8 Å². The third kappa shape index (κ3) is 3.61. The molecule has 0 spiro atoms. The standard InChI is InChI=1S/C16H23N3O2/c1-10-7-11(2)15(12(3)8-10)18-16(21)13(4)19-6-5-17-14(20)9-19/h7-8,13H,5-6,9H2,1-4H3,(H,17,20)(H,18,21)/p+1/t13-/m1/s1. The molecule has 1 unspecified atom stereocenters. The number of quaternary nitrogens is 1. The van der Waals surface area contributed by atoms with Gasteiger partial charge in [-0.3, -0.25) is 9.59 Å². The van der Waals surface area contributed by atoms with Gasteiger partial charge in [-0.05, 0) is 38.8 Å². The molecule has 114 valence electrons. The molecule has 5 heteroatoms. The Morgan fingerprint density at radius 3 is 2.48 bits per heavy atom. The van der Waals surface area contributed by atoms with Gasteiger partial charge in [0.05, 0.1) is 13.1 Å². The van der Waals surface area contributed by atoms with E-state index in [9.17, 15) is 9.59 Å². The number of amides is 2. The van der Waals surface area contributed by atoms with Gasteiger partial charge in [-0.1, -0.05) is 17.7 Å². The van der Waals surface area contributed by atoms with Crippen LogP contribution in [0.2, 0.25) is 0 Å². The molecular formula is C16H24N3O2+. The van der Waals surface area contributed by atoms with Crippen molar-refractivity contribution in [2.24, 2.45) is 0 Å². The Morgan fingerprint density at radius 2 is 1.90 bits per heavy atom. The van der Waals surface area contributed by atoms with Crippen molar-refractivity contribution in [1.82, 2.24) is 5.32 Å². The number of nitrogens with one attached hydrogen (secondary N) is 3. The van der Waals surface area contributed by atoms with Crippen molar-refractivity contribution in [1.29, 1.82) is 0 Å². The van der Waals surface area contributed by atoms with E-state index in [1.807, 2.05) is 27.7 Å². The van der Waals surface area contributed by atoms with E-state index in [0.717, 1.165) is 28.3 Å². The number of piperazine rings is 1. The second-order valence-electron chi connectivity index (χ2n) is 5.92. The number of hydrogen-bond donors (Lipinski definition) is 3. The largest absolute Gasteiger partial charge is 0.346 e. The van der Waals surface area contributed by atoms with Crippen LogP contribution in [-0.4, -0.2) is 37.5 Å². The lowest BCUT2D eigenvalue weighted by atomic mass is 10.0. The van der Waals surface area contributed by atoms with Crippen LogP contribution in [0.4, 0.5) is 5.69 Å². The SMILES string of the molecule is Cc1cc(C)c(NC(=O)[C@@H](C)[NH+]2CCNC(=O)C2)c(C)c1. The van der Waals surface area contributed by atoms with Crippen LogP contribution in [0.1, 0.15) is 23.6 Å². The third-order valence-electron chi connectivity index (χ3n) is 4.09. The maximum absolute atomic E-state index is 12.4. The fourth-order valence-electron chi connectivity index (χ4n) is 2.88. The highest BCUT2D eigenvalue weighted by molar-refractivity contribution is 5.95. The number of benzene rings is 1. The Kier molecular flexibility index (Phi) is 4.63. The minimum Gasteiger partial charge on any atom is -0.346 e. The van der Waals surface area contributed by atoms with E-state index in [2.05, 4.69) is 22.8 Å². The zero-order chi connectivity index (χ0) is 15.6. The molecule has 5 nitrogen and oxygen atoms in total. The van der Waals surface area contributed by atoms with Crippen LogP contribution < -0.4 is 15.5 Å². The zero-order valence-corrected chi connectivity index (χ0v) is 13.2. The van der Waals surface area contributed by atoms with E-state index in [0.29, 0.717) is 13.1 Å². The summed E-state index contributed by atoms with van der Waals surface area (Å²) in [6.07, 6.45) is 0. The van der Waals surface area contributed by atoms with Gasteiger partial charge in [0.15, 0.2) is 12.6 Å². The topological polar surface area (TPSA) is 62.6 Å². The number of rotatable bonds is 3. The fraction of sp³-hybridized carbons (Fsp3) is 0.500. The molecule has 21 heavy (non-hydrogen) atoms. The quantitative estimate of drug-likeness (QED) is 0.731. The average Bonchev–Trinajstić information content (AvgIpc) is 2.41. The lowest BCUT2D eigenvalue weighted by molar-refractivity contribution is -0.907. The number of aryl methyl sites for hydroxylation is 3. The highest BCUT2D eigenvalue weighted by atomic mass is 16.2. The molecule has 0 radical (unpaired) electrons. The van der Waals surface area contributed by atoms with Crippen LogP contribution in [0.3, 0.4) is 0 Å². The monoisotopic (exact) mass is 290 g/mol. The highest BCUT2D eigenvalue weighted by Gasteiger charge is 2.30. The average molecular weight is 290 g/mol. The molecule has 1 aliphatic rings. The Hall–Kier alpha value is -1.88. The van der Waals surface area contributed by atoms with E-state index in [1.54, 1.807) is 0 Å². The van der Waals surface area contributed by atoms with Crippen molar-refractivity contribution >= 4 is 17.5 Å². The summed E-state index contributed by atoms with van der Waals surface area (Å²) in [4.78, 5) is 24.9. The number of hydrogen-bond acceptors (Lipinski definition) is 2. The van der Waals surface area contributed by atoms with Gasteiger partial charge in [-0.2, -0.15) is 0 Å². The number of carbonyl (C=O) groups is 2. The Balaban J connectivity index is 2.09.